The SMILES string of the molecule is CCNC(=O)C(Cc1ccccc1)N(Cc1ccc(C)cc1)C(=O)Cc1cccc(Cl)c1. The first-order chi connectivity index (χ1) is 15.5. The molecule has 3 aromatic carbocycles. The number of hydrogen-bond donors (Lipinski definition) is 1. The molecule has 0 aliphatic heterocycles. The highest BCUT2D eigenvalue weighted by Crippen LogP contribution is 2.18. The Labute approximate surface area is 195 Å². The largest absolute Gasteiger partial charge is 0.355 e. The highest BCUT2D eigenvalue weighted by Gasteiger charge is 2.30. The Morgan fingerprint density at radius 3 is 2.25 bits per heavy atom. The van der Waals surface area contributed by atoms with Crippen molar-refractivity contribution in [3.63, 3.8) is 0 Å². The second-order valence-corrected chi connectivity index (χ2v) is 8.35. The summed E-state index contributed by atoms with van der Waals surface area (Å²) in [5, 5.41) is 3.50. The van der Waals surface area contributed by atoms with Gasteiger partial charge in [0, 0.05) is 24.5 Å². The van der Waals surface area contributed by atoms with Crippen molar-refractivity contribution in [1.29, 1.82) is 0 Å². The number of carbonyl (C=O) groups is 2. The van der Waals surface area contributed by atoms with Crippen LogP contribution in [0.4, 0.5) is 0 Å². The number of benzene rings is 3. The topological polar surface area (TPSA) is 49.4 Å². The van der Waals surface area contributed by atoms with Gasteiger partial charge in [-0.15, -0.1) is 0 Å². The molecule has 0 spiro atoms. The molecule has 32 heavy (non-hydrogen) atoms. The number of hydrogen-bond acceptors (Lipinski definition) is 2. The predicted octanol–water partition coefficient (Wildman–Crippen LogP) is 4.97. The molecule has 166 valence electrons. The molecule has 4 nitrogen and oxygen atoms in total. The van der Waals surface area contributed by atoms with Crippen molar-refractivity contribution < 1.29 is 9.59 Å². The third-order valence-electron chi connectivity index (χ3n) is 5.34. The van der Waals surface area contributed by atoms with Crippen molar-refractivity contribution in [2.24, 2.45) is 0 Å². The average Bonchev–Trinajstić information content (AvgIpc) is 2.78. The maximum Gasteiger partial charge on any atom is 0.243 e. The van der Waals surface area contributed by atoms with E-state index in [9.17, 15) is 9.59 Å². The number of rotatable bonds is 9. The monoisotopic (exact) mass is 448 g/mol. The quantitative estimate of drug-likeness (QED) is 0.502. The first kappa shape index (κ1) is 23.6. The normalized spacial score (nSPS) is 11.6. The summed E-state index contributed by atoms with van der Waals surface area (Å²) in [4.78, 5) is 28.4. The zero-order valence-corrected chi connectivity index (χ0v) is 19.3. The first-order valence-corrected chi connectivity index (χ1v) is 11.2. The number of likely N-dealkylation sites (N-methyl/N-ethyl adjacent to an activating group) is 1. The molecule has 0 aromatic heterocycles. The molecule has 0 aliphatic carbocycles. The molecule has 3 aromatic rings. The lowest BCUT2D eigenvalue weighted by molar-refractivity contribution is -0.140. The maximum absolute atomic E-state index is 13.5. The average molecular weight is 449 g/mol. The fourth-order valence-corrected chi connectivity index (χ4v) is 3.87. The van der Waals surface area contributed by atoms with Crippen LogP contribution >= 0.6 is 11.6 Å². The van der Waals surface area contributed by atoms with Gasteiger partial charge in [0.05, 0.1) is 6.42 Å². The van der Waals surface area contributed by atoms with Crippen molar-refractivity contribution in [3.8, 4) is 0 Å². The van der Waals surface area contributed by atoms with E-state index in [-0.39, 0.29) is 18.2 Å². The number of aryl methyl sites for hydroxylation is 1. The summed E-state index contributed by atoms with van der Waals surface area (Å²) in [6.45, 7) is 4.77. The highest BCUT2D eigenvalue weighted by molar-refractivity contribution is 6.30. The summed E-state index contributed by atoms with van der Waals surface area (Å²) >= 11 is 6.12. The third kappa shape index (κ3) is 6.69. The fraction of sp³-hybridized carbons (Fsp3) is 0.259. The van der Waals surface area contributed by atoms with Crippen LogP contribution in [-0.4, -0.2) is 29.3 Å². The molecule has 0 bridgehead atoms. The minimum atomic E-state index is -0.620. The standard InChI is InChI=1S/C27H29ClN2O2/c1-3-29-27(32)25(17-21-8-5-4-6-9-21)30(19-22-14-12-20(2)13-15-22)26(31)18-23-10-7-11-24(28)16-23/h4-16,25H,3,17-19H2,1-2H3,(H,29,32). The van der Waals surface area contributed by atoms with Crippen LogP contribution in [-0.2, 0) is 29.0 Å². The molecule has 5 heteroatoms. The van der Waals surface area contributed by atoms with Crippen LogP contribution in [0.2, 0.25) is 5.02 Å². The molecule has 0 aliphatic rings. The van der Waals surface area contributed by atoms with Gasteiger partial charge in [-0.05, 0) is 42.7 Å². The molecule has 0 radical (unpaired) electrons. The fourth-order valence-electron chi connectivity index (χ4n) is 3.66. The Balaban J connectivity index is 1.94. The number of nitrogens with zero attached hydrogens (tertiary/aromatic N) is 1. The number of nitrogens with one attached hydrogen (secondary N) is 1. The number of carbonyl (C=O) groups excluding carboxylic acids is 2. The lowest BCUT2D eigenvalue weighted by atomic mass is 10.0. The van der Waals surface area contributed by atoms with Crippen LogP contribution in [0.1, 0.15) is 29.2 Å². The Morgan fingerprint density at radius 2 is 1.59 bits per heavy atom. The Morgan fingerprint density at radius 1 is 0.906 bits per heavy atom. The summed E-state index contributed by atoms with van der Waals surface area (Å²) < 4.78 is 0. The van der Waals surface area contributed by atoms with Gasteiger partial charge in [-0.3, -0.25) is 9.59 Å². The van der Waals surface area contributed by atoms with E-state index in [2.05, 4.69) is 5.32 Å². The Hall–Kier alpha value is -3.11. The summed E-state index contributed by atoms with van der Waals surface area (Å²) in [6.07, 6.45) is 0.622. The minimum absolute atomic E-state index is 0.111. The van der Waals surface area contributed by atoms with E-state index in [1.165, 1.54) is 0 Å². The molecule has 0 fully saturated rings. The van der Waals surface area contributed by atoms with Gasteiger partial charge in [-0.2, -0.15) is 0 Å². The zero-order chi connectivity index (χ0) is 22.9. The smallest absolute Gasteiger partial charge is 0.243 e. The Kier molecular flexibility index (Phi) is 8.46. The van der Waals surface area contributed by atoms with E-state index in [4.69, 9.17) is 11.6 Å². The third-order valence-corrected chi connectivity index (χ3v) is 5.58. The van der Waals surface area contributed by atoms with E-state index in [1.807, 2.05) is 80.6 Å². The van der Waals surface area contributed by atoms with Gasteiger partial charge in [0.25, 0.3) is 0 Å². The summed E-state index contributed by atoms with van der Waals surface area (Å²) in [7, 11) is 0. The van der Waals surface area contributed by atoms with Crippen molar-refractivity contribution in [2.75, 3.05) is 6.54 Å². The summed E-state index contributed by atoms with van der Waals surface area (Å²) in [5.41, 5.74) is 3.96. The molecular formula is C27H29ClN2O2. The zero-order valence-electron chi connectivity index (χ0n) is 18.6. The molecule has 1 N–H and O–H groups in total. The van der Waals surface area contributed by atoms with Crippen molar-refractivity contribution in [1.82, 2.24) is 10.2 Å². The van der Waals surface area contributed by atoms with E-state index in [0.29, 0.717) is 24.5 Å². The van der Waals surface area contributed by atoms with Crippen LogP contribution in [0, 0.1) is 6.92 Å². The van der Waals surface area contributed by atoms with Gasteiger partial charge in [0.15, 0.2) is 0 Å². The molecule has 3 rings (SSSR count). The van der Waals surface area contributed by atoms with Gasteiger partial charge in [-0.1, -0.05) is 83.9 Å². The highest BCUT2D eigenvalue weighted by atomic mass is 35.5. The Bertz CT molecular complexity index is 1040. The molecule has 0 saturated heterocycles. The second-order valence-electron chi connectivity index (χ2n) is 7.91. The van der Waals surface area contributed by atoms with Gasteiger partial charge < -0.3 is 10.2 Å². The van der Waals surface area contributed by atoms with Crippen molar-refractivity contribution >= 4 is 23.4 Å². The molecule has 1 atom stereocenters. The van der Waals surface area contributed by atoms with Crippen LogP contribution in [0.5, 0.6) is 0 Å². The number of halogens is 1. The van der Waals surface area contributed by atoms with Gasteiger partial charge in [-0.25, -0.2) is 0 Å². The van der Waals surface area contributed by atoms with Crippen LogP contribution in [0.15, 0.2) is 78.9 Å². The first-order valence-electron chi connectivity index (χ1n) is 10.9. The summed E-state index contributed by atoms with van der Waals surface area (Å²) in [6, 6.07) is 24.5. The molecule has 0 saturated carbocycles. The lowest BCUT2D eigenvalue weighted by Gasteiger charge is -2.31. The van der Waals surface area contributed by atoms with E-state index >= 15 is 0 Å². The molecular weight excluding hydrogens is 420 g/mol. The van der Waals surface area contributed by atoms with E-state index < -0.39 is 6.04 Å². The van der Waals surface area contributed by atoms with Gasteiger partial charge in [0.1, 0.15) is 6.04 Å². The van der Waals surface area contributed by atoms with Gasteiger partial charge in [0.2, 0.25) is 11.8 Å². The van der Waals surface area contributed by atoms with Gasteiger partial charge >= 0.3 is 0 Å². The van der Waals surface area contributed by atoms with Crippen LogP contribution in [0.3, 0.4) is 0 Å². The van der Waals surface area contributed by atoms with E-state index in [1.54, 1.807) is 17.0 Å². The lowest BCUT2D eigenvalue weighted by Crippen LogP contribution is -2.50. The predicted molar refractivity (Wildman–Crippen MR) is 130 cm³/mol. The van der Waals surface area contributed by atoms with Crippen molar-refractivity contribution in [3.05, 3.63) is 106 Å². The minimum Gasteiger partial charge on any atom is -0.355 e. The maximum atomic E-state index is 13.5. The number of amides is 2. The molecule has 1 unspecified atom stereocenters. The van der Waals surface area contributed by atoms with Crippen LogP contribution in [0.25, 0.3) is 0 Å². The molecule has 0 heterocycles. The van der Waals surface area contributed by atoms with Crippen molar-refractivity contribution in [2.45, 2.75) is 39.3 Å². The summed E-state index contributed by atoms with van der Waals surface area (Å²) in [5.74, 6) is -0.261. The van der Waals surface area contributed by atoms with E-state index in [0.717, 1.165) is 22.3 Å². The second kappa shape index (κ2) is 11.5. The molecule has 2 amide bonds. The van der Waals surface area contributed by atoms with Crippen LogP contribution < -0.4 is 5.32 Å².